The highest BCUT2D eigenvalue weighted by Gasteiger charge is 2.11. The molecule has 3 rings (SSSR count). The smallest absolute Gasteiger partial charge is 0.123 e. The van der Waals surface area contributed by atoms with E-state index in [9.17, 15) is 4.39 Å². The van der Waals surface area contributed by atoms with Gasteiger partial charge in [0.2, 0.25) is 0 Å². The van der Waals surface area contributed by atoms with Gasteiger partial charge in [0.25, 0.3) is 0 Å². The van der Waals surface area contributed by atoms with Crippen LogP contribution in [-0.4, -0.2) is 16.1 Å². The maximum Gasteiger partial charge on any atom is 0.123 e. The van der Waals surface area contributed by atoms with Crippen LogP contribution in [0.15, 0.2) is 79.4 Å². The van der Waals surface area contributed by atoms with Crippen LogP contribution in [0.4, 0.5) is 4.39 Å². The molecule has 3 aromatic rings. The zero-order valence-corrected chi connectivity index (χ0v) is 13.3. The molecule has 1 N–H and O–H groups in total. The van der Waals surface area contributed by atoms with Gasteiger partial charge in [-0.25, -0.2) is 9.37 Å². The summed E-state index contributed by atoms with van der Waals surface area (Å²) in [5.74, 6) is -0.218. The molecule has 122 valence electrons. The molecule has 0 spiro atoms. The molecule has 1 unspecified atom stereocenters. The molecular formula is C20H20FN3. The van der Waals surface area contributed by atoms with Gasteiger partial charge in [0.15, 0.2) is 0 Å². The molecule has 4 heteroatoms. The van der Waals surface area contributed by atoms with E-state index in [4.69, 9.17) is 0 Å². The van der Waals surface area contributed by atoms with Gasteiger partial charge >= 0.3 is 0 Å². The largest absolute Gasteiger partial charge is 0.336 e. The molecule has 3 nitrogen and oxygen atoms in total. The Kier molecular flexibility index (Phi) is 5.53. The Balaban J connectivity index is 1.65. The van der Waals surface area contributed by atoms with Crippen molar-refractivity contribution >= 4 is 6.08 Å². The van der Waals surface area contributed by atoms with E-state index in [0.29, 0.717) is 0 Å². The number of rotatable bonds is 7. The van der Waals surface area contributed by atoms with Crippen LogP contribution in [0.3, 0.4) is 0 Å². The predicted molar refractivity (Wildman–Crippen MR) is 94.8 cm³/mol. The van der Waals surface area contributed by atoms with Gasteiger partial charge < -0.3 is 9.88 Å². The summed E-state index contributed by atoms with van der Waals surface area (Å²) in [6, 6.07) is 16.9. The molecular weight excluding hydrogens is 301 g/mol. The molecule has 0 aliphatic rings. The third-order valence-corrected chi connectivity index (χ3v) is 3.82. The zero-order chi connectivity index (χ0) is 16.6. The molecule has 2 aromatic carbocycles. The summed E-state index contributed by atoms with van der Waals surface area (Å²) in [7, 11) is 0. The summed E-state index contributed by atoms with van der Waals surface area (Å²) in [6.07, 6.45) is 9.67. The summed E-state index contributed by atoms with van der Waals surface area (Å²) < 4.78 is 15.2. The standard InChI is InChI=1S/C20H20FN3/c21-19-10-8-18(9-11-19)20(15-24-14-13-22-16-24)23-12-4-7-17-5-2-1-3-6-17/h1-11,13-14,16,20,23H,12,15H2/b7-4+. The fraction of sp³-hybridized carbons (Fsp3) is 0.150. The maximum atomic E-state index is 13.2. The van der Waals surface area contributed by atoms with Crippen molar-refractivity contribution < 1.29 is 4.39 Å². The molecule has 1 heterocycles. The van der Waals surface area contributed by atoms with Crippen LogP contribution >= 0.6 is 0 Å². The van der Waals surface area contributed by atoms with Crippen LogP contribution in [0.1, 0.15) is 17.2 Å². The van der Waals surface area contributed by atoms with Crippen molar-refractivity contribution in [3.05, 3.63) is 96.3 Å². The van der Waals surface area contributed by atoms with E-state index in [1.165, 1.54) is 17.7 Å². The third kappa shape index (κ3) is 4.64. The van der Waals surface area contributed by atoms with Crippen molar-refractivity contribution in [2.75, 3.05) is 6.54 Å². The number of nitrogens with zero attached hydrogens (tertiary/aromatic N) is 2. The van der Waals surface area contributed by atoms with Crippen molar-refractivity contribution in [1.29, 1.82) is 0 Å². The summed E-state index contributed by atoms with van der Waals surface area (Å²) >= 11 is 0. The second-order valence-electron chi connectivity index (χ2n) is 5.58. The molecule has 0 fully saturated rings. The Hall–Kier alpha value is -2.72. The van der Waals surface area contributed by atoms with E-state index in [2.05, 4.69) is 34.6 Å². The van der Waals surface area contributed by atoms with Crippen molar-refractivity contribution in [2.45, 2.75) is 12.6 Å². The highest BCUT2D eigenvalue weighted by Crippen LogP contribution is 2.16. The van der Waals surface area contributed by atoms with Gasteiger partial charge in [0, 0.05) is 25.5 Å². The molecule has 0 saturated heterocycles. The first-order chi connectivity index (χ1) is 11.8. The summed E-state index contributed by atoms with van der Waals surface area (Å²) in [6.45, 7) is 1.47. The summed E-state index contributed by atoms with van der Waals surface area (Å²) in [5, 5.41) is 3.51. The van der Waals surface area contributed by atoms with Crippen LogP contribution in [0.2, 0.25) is 0 Å². The second kappa shape index (κ2) is 8.22. The molecule has 24 heavy (non-hydrogen) atoms. The fourth-order valence-electron chi connectivity index (χ4n) is 2.56. The molecule has 1 aromatic heterocycles. The fourth-order valence-corrected chi connectivity index (χ4v) is 2.56. The van der Waals surface area contributed by atoms with Gasteiger partial charge in [-0.1, -0.05) is 54.6 Å². The minimum atomic E-state index is -0.218. The van der Waals surface area contributed by atoms with Crippen LogP contribution in [0.25, 0.3) is 6.08 Å². The van der Waals surface area contributed by atoms with E-state index in [1.807, 2.05) is 41.1 Å². The first-order valence-electron chi connectivity index (χ1n) is 7.97. The Labute approximate surface area is 141 Å². The number of aromatic nitrogens is 2. The van der Waals surface area contributed by atoms with Gasteiger partial charge in [-0.3, -0.25) is 0 Å². The highest BCUT2D eigenvalue weighted by molar-refractivity contribution is 5.48. The molecule has 0 radical (unpaired) electrons. The van der Waals surface area contributed by atoms with Crippen molar-refractivity contribution in [3.8, 4) is 0 Å². The number of hydrogen-bond donors (Lipinski definition) is 1. The van der Waals surface area contributed by atoms with Crippen molar-refractivity contribution in [1.82, 2.24) is 14.9 Å². The zero-order valence-electron chi connectivity index (χ0n) is 13.3. The van der Waals surface area contributed by atoms with E-state index in [-0.39, 0.29) is 11.9 Å². The second-order valence-corrected chi connectivity index (χ2v) is 5.58. The van der Waals surface area contributed by atoms with Crippen LogP contribution in [0, 0.1) is 5.82 Å². The first-order valence-corrected chi connectivity index (χ1v) is 7.97. The van der Waals surface area contributed by atoms with Gasteiger partial charge in [0.1, 0.15) is 5.82 Å². The minimum Gasteiger partial charge on any atom is -0.336 e. The molecule has 0 amide bonds. The lowest BCUT2D eigenvalue weighted by atomic mass is 10.1. The van der Waals surface area contributed by atoms with E-state index in [0.717, 1.165) is 18.7 Å². The highest BCUT2D eigenvalue weighted by atomic mass is 19.1. The van der Waals surface area contributed by atoms with Crippen molar-refractivity contribution in [3.63, 3.8) is 0 Å². The minimum absolute atomic E-state index is 0.0835. The lowest BCUT2D eigenvalue weighted by Crippen LogP contribution is -2.25. The average molecular weight is 321 g/mol. The number of hydrogen-bond acceptors (Lipinski definition) is 2. The molecule has 0 bridgehead atoms. The monoisotopic (exact) mass is 321 g/mol. The van der Waals surface area contributed by atoms with E-state index in [1.54, 1.807) is 12.5 Å². The normalized spacial score (nSPS) is 12.5. The van der Waals surface area contributed by atoms with E-state index < -0.39 is 0 Å². The van der Waals surface area contributed by atoms with Gasteiger partial charge in [0.05, 0.1) is 12.4 Å². The Morgan fingerprint density at radius 3 is 2.58 bits per heavy atom. The van der Waals surface area contributed by atoms with Crippen LogP contribution in [-0.2, 0) is 6.54 Å². The topological polar surface area (TPSA) is 29.9 Å². The summed E-state index contributed by atoms with van der Waals surface area (Å²) in [4.78, 5) is 4.08. The average Bonchev–Trinajstić information content (AvgIpc) is 3.12. The Morgan fingerprint density at radius 1 is 1.08 bits per heavy atom. The third-order valence-electron chi connectivity index (χ3n) is 3.82. The number of benzene rings is 2. The number of imidazole rings is 1. The van der Waals surface area contributed by atoms with E-state index >= 15 is 0 Å². The van der Waals surface area contributed by atoms with Gasteiger partial charge in [-0.15, -0.1) is 0 Å². The van der Waals surface area contributed by atoms with Gasteiger partial charge in [-0.2, -0.15) is 0 Å². The Morgan fingerprint density at radius 2 is 1.88 bits per heavy atom. The summed E-state index contributed by atoms with van der Waals surface area (Å²) in [5.41, 5.74) is 2.23. The molecule has 0 aliphatic heterocycles. The predicted octanol–water partition coefficient (Wildman–Crippen LogP) is 4.07. The lowest BCUT2D eigenvalue weighted by molar-refractivity contribution is 0.483. The maximum absolute atomic E-state index is 13.2. The SMILES string of the molecule is Fc1ccc(C(Cn2ccnc2)NC/C=C/c2ccccc2)cc1. The van der Waals surface area contributed by atoms with Gasteiger partial charge in [-0.05, 0) is 23.3 Å². The van der Waals surface area contributed by atoms with Crippen molar-refractivity contribution in [2.24, 2.45) is 0 Å². The number of nitrogens with one attached hydrogen (secondary N) is 1. The lowest BCUT2D eigenvalue weighted by Gasteiger charge is -2.19. The van der Waals surface area contributed by atoms with Crippen LogP contribution < -0.4 is 5.32 Å². The Bertz CT molecular complexity index is 749. The first kappa shape index (κ1) is 16.1. The quantitative estimate of drug-likeness (QED) is 0.711. The molecule has 0 saturated carbocycles. The molecule has 0 aliphatic carbocycles. The van der Waals surface area contributed by atoms with Crippen LogP contribution in [0.5, 0.6) is 0 Å². The number of halogens is 1. The molecule has 1 atom stereocenters.